The van der Waals surface area contributed by atoms with E-state index in [1.807, 2.05) is 0 Å². The van der Waals surface area contributed by atoms with Crippen LogP contribution in [0.3, 0.4) is 0 Å². The van der Waals surface area contributed by atoms with Crippen LogP contribution in [-0.2, 0) is 0 Å². The quantitative estimate of drug-likeness (QED) is 0.124. The zero-order chi connectivity index (χ0) is 39.1. The first-order valence-electron chi connectivity index (χ1n) is 22.0. The molecule has 0 N–H and O–H groups in total. The highest BCUT2D eigenvalue weighted by Crippen LogP contribution is 2.57. The lowest BCUT2D eigenvalue weighted by molar-refractivity contribution is 0.445. The standard InChI is InChI=1S/C60H40/c1-4-15-35(16-5-1)38-27-28-45-47-30-32-49-51-34-53-52(33-50(51)48-31-29-46(57(47)58(48)49)44-26-14-25-41(38)56(44)45)54(36-17-6-2-7-18-36)59-42-23-12-10-21-39(42)40-22-11-13-24-43(40)60(59)55(53)37-19-8-3-9-20-37/h2-3,6-14,17-35H,1,4-5,15-16H2. The molecule has 2 aliphatic carbocycles. The van der Waals surface area contributed by atoms with Crippen LogP contribution in [0.2, 0.25) is 0 Å². The molecule has 1 fully saturated rings. The number of rotatable bonds is 3. The molecule has 0 heterocycles. The fraction of sp³-hybridized carbons (Fsp3) is 0.100. The minimum atomic E-state index is 0.661. The molecule has 0 nitrogen and oxygen atoms in total. The predicted octanol–water partition coefficient (Wildman–Crippen LogP) is 17.4. The van der Waals surface area contributed by atoms with Gasteiger partial charge in [-0.25, -0.2) is 0 Å². The van der Waals surface area contributed by atoms with Gasteiger partial charge in [0, 0.05) is 0 Å². The molecule has 0 aromatic heterocycles. The second-order valence-electron chi connectivity index (χ2n) is 17.6. The van der Waals surface area contributed by atoms with E-state index in [9.17, 15) is 0 Å². The minimum absolute atomic E-state index is 0.661. The smallest absolute Gasteiger partial charge is 0.000763 e. The van der Waals surface area contributed by atoms with Gasteiger partial charge in [0.1, 0.15) is 0 Å². The van der Waals surface area contributed by atoms with Gasteiger partial charge < -0.3 is 0 Å². The van der Waals surface area contributed by atoms with Gasteiger partial charge in [-0.05, 0) is 167 Å². The van der Waals surface area contributed by atoms with Gasteiger partial charge in [0.25, 0.3) is 0 Å². The Kier molecular flexibility index (Phi) is 6.72. The summed E-state index contributed by atoms with van der Waals surface area (Å²) in [6.07, 6.45) is 6.69. The Morgan fingerprint density at radius 1 is 0.267 bits per heavy atom. The van der Waals surface area contributed by atoms with Crippen LogP contribution in [0.25, 0.3) is 131 Å². The van der Waals surface area contributed by atoms with E-state index >= 15 is 0 Å². The third-order valence-corrected chi connectivity index (χ3v) is 14.7. The summed E-state index contributed by atoms with van der Waals surface area (Å²) in [4.78, 5) is 0. The van der Waals surface area contributed by atoms with Crippen LogP contribution in [-0.4, -0.2) is 0 Å². The summed E-state index contributed by atoms with van der Waals surface area (Å²) < 4.78 is 0. The molecule has 12 aromatic rings. The van der Waals surface area contributed by atoms with Crippen LogP contribution < -0.4 is 0 Å². The lowest BCUT2D eigenvalue weighted by Gasteiger charge is -2.25. The number of benzene rings is 12. The van der Waals surface area contributed by atoms with Crippen LogP contribution in [0, 0.1) is 0 Å². The number of hydrogen-bond donors (Lipinski definition) is 0. The topological polar surface area (TPSA) is 0 Å². The van der Waals surface area contributed by atoms with Crippen molar-refractivity contribution >= 4 is 86.2 Å². The lowest BCUT2D eigenvalue weighted by atomic mass is 9.80. The van der Waals surface area contributed by atoms with Gasteiger partial charge in [-0.15, -0.1) is 0 Å². The summed E-state index contributed by atoms with van der Waals surface area (Å²) in [5.74, 6) is 0.661. The van der Waals surface area contributed by atoms with E-state index in [0.29, 0.717) is 5.92 Å². The maximum absolute atomic E-state index is 2.56. The van der Waals surface area contributed by atoms with Crippen molar-refractivity contribution in [1.29, 1.82) is 0 Å². The second-order valence-corrected chi connectivity index (χ2v) is 17.6. The molecule has 0 amide bonds. The van der Waals surface area contributed by atoms with Crippen molar-refractivity contribution in [1.82, 2.24) is 0 Å². The fourth-order valence-corrected chi connectivity index (χ4v) is 12.2. The van der Waals surface area contributed by atoms with Gasteiger partial charge in [0.2, 0.25) is 0 Å². The molecule has 0 saturated heterocycles. The van der Waals surface area contributed by atoms with E-state index in [-0.39, 0.29) is 0 Å². The van der Waals surface area contributed by atoms with Crippen LogP contribution in [0.1, 0.15) is 43.6 Å². The molecule has 12 aromatic carbocycles. The Morgan fingerprint density at radius 2 is 0.700 bits per heavy atom. The van der Waals surface area contributed by atoms with Crippen molar-refractivity contribution in [3.8, 4) is 44.5 Å². The molecule has 60 heavy (non-hydrogen) atoms. The van der Waals surface area contributed by atoms with E-state index in [0.717, 1.165) is 0 Å². The molecule has 0 unspecified atom stereocenters. The summed E-state index contributed by atoms with van der Waals surface area (Å²) in [5.41, 5.74) is 12.0. The highest BCUT2D eigenvalue weighted by Gasteiger charge is 2.29. The predicted molar refractivity (Wildman–Crippen MR) is 259 cm³/mol. The average Bonchev–Trinajstić information content (AvgIpc) is 3.64. The Balaban J connectivity index is 1.15. The lowest BCUT2D eigenvalue weighted by Crippen LogP contribution is -2.05. The molecule has 280 valence electrons. The van der Waals surface area contributed by atoms with Gasteiger partial charge in [-0.2, -0.15) is 0 Å². The van der Waals surface area contributed by atoms with Crippen molar-refractivity contribution in [2.75, 3.05) is 0 Å². The van der Waals surface area contributed by atoms with Crippen molar-refractivity contribution in [3.63, 3.8) is 0 Å². The summed E-state index contributed by atoms with van der Waals surface area (Å²) >= 11 is 0. The molecule has 0 bridgehead atoms. The molecular formula is C60H40. The maximum Gasteiger partial charge on any atom is -0.000763 e. The molecule has 0 radical (unpaired) electrons. The molecule has 0 heteroatoms. The number of fused-ring (bicyclic) bond motifs is 12. The first-order valence-corrected chi connectivity index (χ1v) is 22.0. The second kappa shape index (κ2) is 12.3. The molecule has 2 aliphatic rings. The van der Waals surface area contributed by atoms with Gasteiger partial charge in [-0.1, -0.05) is 183 Å². The summed E-state index contributed by atoms with van der Waals surface area (Å²) in [6.45, 7) is 0. The molecule has 14 rings (SSSR count). The van der Waals surface area contributed by atoms with E-state index < -0.39 is 0 Å². The minimum Gasteiger partial charge on any atom is -0.0622 e. The van der Waals surface area contributed by atoms with E-state index in [4.69, 9.17) is 0 Å². The first-order chi connectivity index (χ1) is 29.8. The molecule has 1 saturated carbocycles. The summed E-state index contributed by atoms with van der Waals surface area (Å²) in [6, 6.07) is 67.4. The third kappa shape index (κ3) is 4.31. The Morgan fingerprint density at radius 3 is 1.27 bits per heavy atom. The van der Waals surface area contributed by atoms with E-state index in [1.54, 1.807) is 5.56 Å². The largest absolute Gasteiger partial charge is 0.0622 e. The molecular weight excluding hydrogens is 721 g/mol. The Hall–Kier alpha value is -7.02. The van der Waals surface area contributed by atoms with Crippen LogP contribution >= 0.6 is 0 Å². The monoisotopic (exact) mass is 760 g/mol. The SMILES string of the molecule is c1ccc(-c2c3cc4c(cc3c(-c3ccccc3)c3c5ccccc5c5ccccc5c23)-c2ccc3c5ccc(C6CCCCC6)c6cccc(c7ccc-4c2c73)c65)cc1. The molecule has 0 spiro atoms. The Bertz CT molecular complexity index is 3570. The van der Waals surface area contributed by atoms with Crippen molar-refractivity contribution in [2.24, 2.45) is 0 Å². The van der Waals surface area contributed by atoms with E-state index in [1.165, 1.54) is 163 Å². The average molecular weight is 761 g/mol. The third-order valence-electron chi connectivity index (χ3n) is 14.7. The molecule has 0 aliphatic heterocycles. The van der Waals surface area contributed by atoms with Crippen LogP contribution in [0.15, 0.2) is 176 Å². The maximum atomic E-state index is 2.56. The van der Waals surface area contributed by atoms with Gasteiger partial charge in [-0.3, -0.25) is 0 Å². The highest BCUT2D eigenvalue weighted by molar-refractivity contribution is 6.40. The Labute approximate surface area is 348 Å². The first kappa shape index (κ1) is 32.9. The normalized spacial score (nSPS) is 14.3. The van der Waals surface area contributed by atoms with E-state index in [2.05, 4.69) is 176 Å². The fourth-order valence-electron chi connectivity index (χ4n) is 12.2. The number of hydrogen-bond acceptors (Lipinski definition) is 0. The van der Waals surface area contributed by atoms with Gasteiger partial charge >= 0.3 is 0 Å². The zero-order valence-corrected chi connectivity index (χ0v) is 33.4. The molecule has 0 atom stereocenters. The van der Waals surface area contributed by atoms with Crippen molar-refractivity contribution in [2.45, 2.75) is 38.0 Å². The zero-order valence-electron chi connectivity index (χ0n) is 33.4. The van der Waals surface area contributed by atoms with Gasteiger partial charge in [0.05, 0.1) is 0 Å². The van der Waals surface area contributed by atoms with Crippen LogP contribution in [0.4, 0.5) is 0 Å². The van der Waals surface area contributed by atoms with Crippen molar-refractivity contribution in [3.05, 3.63) is 181 Å². The van der Waals surface area contributed by atoms with Crippen molar-refractivity contribution < 1.29 is 0 Å². The van der Waals surface area contributed by atoms with Gasteiger partial charge in [0.15, 0.2) is 0 Å². The highest BCUT2D eigenvalue weighted by atomic mass is 14.3. The van der Waals surface area contributed by atoms with Crippen LogP contribution in [0.5, 0.6) is 0 Å². The summed E-state index contributed by atoms with van der Waals surface area (Å²) in [5, 5.41) is 21.7. The summed E-state index contributed by atoms with van der Waals surface area (Å²) in [7, 11) is 0.